The summed E-state index contributed by atoms with van der Waals surface area (Å²) in [5, 5.41) is 9.67. The van der Waals surface area contributed by atoms with E-state index >= 15 is 0 Å². The summed E-state index contributed by atoms with van der Waals surface area (Å²) >= 11 is 0. The number of aryl methyl sites for hydroxylation is 3. The van der Waals surface area contributed by atoms with E-state index in [1.807, 2.05) is 25.7 Å². The SMILES string of the molecule is CCCN(CCC)c1ncc(NS(=O)(=O)c2c(C)cc(C)cc2C)cc1C(=O)O. The van der Waals surface area contributed by atoms with Crippen LogP contribution in [0.4, 0.5) is 11.5 Å². The van der Waals surface area contributed by atoms with Crippen LogP contribution in [-0.2, 0) is 10.0 Å². The molecule has 1 heterocycles. The standard InChI is InChI=1S/C21H29N3O4S/c1-6-8-24(9-7-2)20-18(21(25)26)12-17(13-22-20)23-29(27,28)19-15(4)10-14(3)11-16(19)5/h10-13,23H,6-9H2,1-5H3,(H,25,26). The predicted octanol–water partition coefficient (Wildman–Crippen LogP) is 4.13. The predicted molar refractivity (Wildman–Crippen MR) is 115 cm³/mol. The molecule has 29 heavy (non-hydrogen) atoms. The molecule has 0 bridgehead atoms. The number of carboxylic acids is 1. The molecule has 2 rings (SSSR count). The molecule has 0 aliphatic carbocycles. The molecule has 0 atom stereocenters. The summed E-state index contributed by atoms with van der Waals surface area (Å²) in [6, 6.07) is 4.94. The Balaban J connectivity index is 2.46. The third kappa shape index (κ3) is 5.26. The van der Waals surface area contributed by atoms with E-state index in [9.17, 15) is 18.3 Å². The monoisotopic (exact) mass is 419 g/mol. The number of aromatic nitrogens is 1. The molecule has 0 aliphatic rings. The van der Waals surface area contributed by atoms with Gasteiger partial charge in [-0.1, -0.05) is 31.5 Å². The molecule has 0 spiro atoms. The number of nitrogens with zero attached hydrogens (tertiary/aromatic N) is 2. The van der Waals surface area contributed by atoms with E-state index in [4.69, 9.17) is 0 Å². The molecule has 0 saturated carbocycles. The number of pyridine rings is 1. The van der Waals surface area contributed by atoms with E-state index in [-0.39, 0.29) is 16.1 Å². The van der Waals surface area contributed by atoms with Crippen LogP contribution >= 0.6 is 0 Å². The number of nitrogens with one attached hydrogen (secondary N) is 1. The molecular weight excluding hydrogens is 390 g/mol. The van der Waals surface area contributed by atoms with E-state index in [1.54, 1.807) is 26.0 Å². The minimum Gasteiger partial charge on any atom is -0.478 e. The molecule has 2 aromatic rings. The fourth-order valence-electron chi connectivity index (χ4n) is 3.58. The normalized spacial score (nSPS) is 11.3. The molecular formula is C21H29N3O4S. The Hall–Kier alpha value is -2.61. The van der Waals surface area contributed by atoms with Crippen molar-refractivity contribution in [3.8, 4) is 0 Å². The van der Waals surface area contributed by atoms with Gasteiger partial charge in [-0.15, -0.1) is 0 Å². The molecule has 158 valence electrons. The Labute approximate surface area is 172 Å². The first-order valence-corrected chi connectivity index (χ1v) is 11.2. The molecule has 0 saturated heterocycles. The van der Waals surface area contributed by atoms with Crippen molar-refractivity contribution < 1.29 is 18.3 Å². The number of sulfonamides is 1. The fraction of sp³-hybridized carbons (Fsp3) is 0.429. The van der Waals surface area contributed by atoms with Crippen LogP contribution < -0.4 is 9.62 Å². The number of aromatic carboxylic acids is 1. The van der Waals surface area contributed by atoms with Crippen LogP contribution in [0.5, 0.6) is 0 Å². The maximum atomic E-state index is 13.0. The van der Waals surface area contributed by atoms with Crippen molar-refractivity contribution in [3.05, 3.63) is 46.6 Å². The van der Waals surface area contributed by atoms with Gasteiger partial charge in [0.2, 0.25) is 0 Å². The summed E-state index contributed by atoms with van der Waals surface area (Å²) in [7, 11) is -3.88. The Kier molecular flexibility index (Phi) is 7.24. The van der Waals surface area contributed by atoms with Gasteiger partial charge in [0, 0.05) is 13.1 Å². The zero-order valence-corrected chi connectivity index (χ0v) is 18.4. The van der Waals surface area contributed by atoms with Gasteiger partial charge in [0.15, 0.2) is 0 Å². The molecule has 1 aromatic heterocycles. The summed E-state index contributed by atoms with van der Waals surface area (Å²) in [5.74, 6) is -0.791. The molecule has 0 radical (unpaired) electrons. The summed E-state index contributed by atoms with van der Waals surface area (Å²) in [6.45, 7) is 10.8. The average Bonchev–Trinajstić information content (AvgIpc) is 2.60. The molecule has 7 nitrogen and oxygen atoms in total. The Morgan fingerprint density at radius 3 is 2.10 bits per heavy atom. The lowest BCUT2D eigenvalue weighted by Crippen LogP contribution is -2.28. The smallest absolute Gasteiger partial charge is 0.339 e. The van der Waals surface area contributed by atoms with Crippen molar-refractivity contribution in [3.63, 3.8) is 0 Å². The molecule has 0 fully saturated rings. The molecule has 0 aliphatic heterocycles. The van der Waals surface area contributed by atoms with Gasteiger partial charge >= 0.3 is 5.97 Å². The number of rotatable bonds is 9. The number of hydrogen-bond acceptors (Lipinski definition) is 5. The highest BCUT2D eigenvalue weighted by molar-refractivity contribution is 7.92. The first-order chi connectivity index (χ1) is 13.6. The van der Waals surface area contributed by atoms with Crippen molar-refractivity contribution in [2.45, 2.75) is 52.4 Å². The highest BCUT2D eigenvalue weighted by Gasteiger charge is 2.23. The van der Waals surface area contributed by atoms with E-state index < -0.39 is 16.0 Å². The number of benzene rings is 1. The van der Waals surface area contributed by atoms with Gasteiger partial charge in [0.25, 0.3) is 10.0 Å². The van der Waals surface area contributed by atoms with Gasteiger partial charge in [-0.25, -0.2) is 18.2 Å². The third-order valence-electron chi connectivity index (χ3n) is 4.51. The van der Waals surface area contributed by atoms with Gasteiger partial charge < -0.3 is 10.0 Å². The van der Waals surface area contributed by atoms with Gasteiger partial charge in [0.1, 0.15) is 11.4 Å². The van der Waals surface area contributed by atoms with Crippen molar-refractivity contribution in [1.29, 1.82) is 0 Å². The Morgan fingerprint density at radius 2 is 1.62 bits per heavy atom. The van der Waals surface area contributed by atoms with Gasteiger partial charge in [-0.2, -0.15) is 0 Å². The third-order valence-corrected chi connectivity index (χ3v) is 6.20. The lowest BCUT2D eigenvalue weighted by Gasteiger charge is -2.24. The number of hydrogen-bond donors (Lipinski definition) is 2. The Morgan fingerprint density at radius 1 is 1.07 bits per heavy atom. The summed E-state index contributed by atoms with van der Waals surface area (Å²) in [6.07, 6.45) is 3.07. The highest BCUT2D eigenvalue weighted by Crippen LogP contribution is 2.27. The zero-order valence-electron chi connectivity index (χ0n) is 17.6. The van der Waals surface area contributed by atoms with Crippen LogP contribution in [0.3, 0.4) is 0 Å². The van der Waals surface area contributed by atoms with Crippen molar-refractivity contribution in [2.24, 2.45) is 0 Å². The lowest BCUT2D eigenvalue weighted by atomic mass is 10.1. The maximum absolute atomic E-state index is 13.0. The summed E-state index contributed by atoms with van der Waals surface area (Å²) < 4.78 is 28.4. The highest BCUT2D eigenvalue weighted by atomic mass is 32.2. The van der Waals surface area contributed by atoms with Crippen molar-refractivity contribution in [2.75, 3.05) is 22.7 Å². The van der Waals surface area contributed by atoms with E-state index in [2.05, 4.69) is 9.71 Å². The van der Waals surface area contributed by atoms with Gasteiger partial charge in [0.05, 0.1) is 16.8 Å². The summed E-state index contributed by atoms with van der Waals surface area (Å²) in [5.41, 5.74) is 2.35. The van der Waals surface area contributed by atoms with Crippen LogP contribution in [-0.4, -0.2) is 37.6 Å². The van der Waals surface area contributed by atoms with Crippen LogP contribution in [0.15, 0.2) is 29.3 Å². The largest absolute Gasteiger partial charge is 0.478 e. The van der Waals surface area contributed by atoms with Crippen LogP contribution in [0, 0.1) is 20.8 Å². The molecule has 2 N–H and O–H groups in total. The van der Waals surface area contributed by atoms with Crippen LogP contribution in [0.25, 0.3) is 0 Å². The number of anilines is 2. The lowest BCUT2D eigenvalue weighted by molar-refractivity contribution is 0.0697. The topological polar surface area (TPSA) is 99.6 Å². The number of carbonyl (C=O) groups is 1. The van der Waals surface area contributed by atoms with E-state index in [1.165, 1.54) is 12.3 Å². The Bertz CT molecular complexity index is 974. The zero-order chi connectivity index (χ0) is 21.8. The number of carboxylic acid groups (broad SMARTS) is 1. The fourth-order valence-corrected chi connectivity index (χ4v) is 5.07. The van der Waals surface area contributed by atoms with Crippen molar-refractivity contribution in [1.82, 2.24) is 4.98 Å². The molecule has 0 amide bonds. The molecule has 8 heteroatoms. The van der Waals surface area contributed by atoms with Gasteiger partial charge in [-0.3, -0.25) is 4.72 Å². The van der Waals surface area contributed by atoms with Gasteiger partial charge in [-0.05, 0) is 50.8 Å². The van der Waals surface area contributed by atoms with Crippen LogP contribution in [0.1, 0.15) is 53.7 Å². The first-order valence-electron chi connectivity index (χ1n) is 9.69. The molecule has 0 unspecified atom stereocenters. The molecule has 1 aromatic carbocycles. The quantitative estimate of drug-likeness (QED) is 0.634. The van der Waals surface area contributed by atoms with E-state index in [0.717, 1.165) is 18.4 Å². The minimum atomic E-state index is -3.88. The van der Waals surface area contributed by atoms with E-state index in [0.29, 0.717) is 30.0 Å². The minimum absolute atomic E-state index is 0.0237. The first kappa shape index (κ1) is 22.7. The maximum Gasteiger partial charge on any atom is 0.339 e. The second-order valence-electron chi connectivity index (χ2n) is 7.22. The second kappa shape index (κ2) is 9.26. The average molecular weight is 420 g/mol. The van der Waals surface area contributed by atoms with Crippen molar-refractivity contribution >= 4 is 27.5 Å². The summed E-state index contributed by atoms with van der Waals surface area (Å²) in [4.78, 5) is 18.2. The van der Waals surface area contributed by atoms with Crippen LogP contribution in [0.2, 0.25) is 0 Å². The second-order valence-corrected chi connectivity index (χ2v) is 8.84.